The fraction of sp³-hybridized carbons (Fsp3) is 0.217. The number of alkyl halides is 4. The fourth-order valence-corrected chi connectivity index (χ4v) is 3.03. The molecule has 31 heavy (non-hydrogen) atoms. The number of hydrogen-bond acceptors (Lipinski definition) is 3. The Hall–Kier alpha value is -2.77. The summed E-state index contributed by atoms with van der Waals surface area (Å²) in [7, 11) is 1.41. The van der Waals surface area contributed by atoms with E-state index in [4.69, 9.17) is 25.8 Å². The normalized spacial score (nSPS) is 13.5. The molecule has 0 heterocycles. The summed E-state index contributed by atoms with van der Waals surface area (Å²) in [6, 6.07) is 17.8. The molecule has 3 aromatic rings. The van der Waals surface area contributed by atoms with Crippen molar-refractivity contribution in [3.05, 3.63) is 89.7 Å². The minimum atomic E-state index is -4.77. The number of methoxy groups -OCH3 is 1. The molecule has 8 heteroatoms. The van der Waals surface area contributed by atoms with Crippen molar-refractivity contribution in [1.82, 2.24) is 0 Å². The Morgan fingerprint density at radius 2 is 1.55 bits per heavy atom. The molecule has 0 bridgehead atoms. The number of ether oxygens (including phenoxy) is 3. The third-order valence-electron chi connectivity index (χ3n) is 4.53. The highest BCUT2D eigenvalue weighted by Crippen LogP contribution is 2.45. The quantitative estimate of drug-likeness (QED) is 0.275. The van der Waals surface area contributed by atoms with Crippen LogP contribution in [0.25, 0.3) is 0 Å². The van der Waals surface area contributed by atoms with Crippen LogP contribution in [-0.4, -0.2) is 19.9 Å². The summed E-state index contributed by atoms with van der Waals surface area (Å²) in [5.74, 6) is 0.169. The van der Waals surface area contributed by atoms with Crippen molar-refractivity contribution in [3.8, 4) is 17.2 Å². The number of hydrogen-bond donors (Lipinski definition) is 0. The Balaban J connectivity index is 1.72. The first-order valence-corrected chi connectivity index (χ1v) is 9.60. The lowest BCUT2D eigenvalue weighted by Gasteiger charge is -2.30. The zero-order valence-electron chi connectivity index (χ0n) is 16.5. The lowest BCUT2D eigenvalue weighted by Crippen LogP contribution is -2.41. The summed E-state index contributed by atoms with van der Waals surface area (Å²) in [5.41, 5.74) is 0.262. The second-order valence-corrected chi connectivity index (χ2v) is 7.35. The molecule has 1 atom stereocenters. The third-order valence-corrected chi connectivity index (χ3v) is 5.07. The molecule has 0 aromatic heterocycles. The molecule has 0 aliphatic carbocycles. The molecule has 0 amide bonds. The van der Waals surface area contributed by atoms with Gasteiger partial charge in [0, 0.05) is 0 Å². The van der Waals surface area contributed by atoms with Crippen molar-refractivity contribution in [3.63, 3.8) is 0 Å². The molecule has 0 saturated heterocycles. The van der Waals surface area contributed by atoms with Crippen LogP contribution in [0.15, 0.2) is 72.8 Å². The SMILES string of the molecule is COc1ccc(C(Cl)(COCc2ccc(F)c(Oc3ccccc3)c2)C(F)(F)F)cc1. The Labute approximate surface area is 182 Å². The topological polar surface area (TPSA) is 27.7 Å². The minimum Gasteiger partial charge on any atom is -0.497 e. The highest BCUT2D eigenvalue weighted by molar-refractivity contribution is 6.24. The van der Waals surface area contributed by atoms with Gasteiger partial charge in [-0.3, -0.25) is 0 Å². The van der Waals surface area contributed by atoms with E-state index in [0.717, 1.165) is 6.07 Å². The summed E-state index contributed by atoms with van der Waals surface area (Å²) < 4.78 is 71.1. The van der Waals surface area contributed by atoms with Gasteiger partial charge in [-0.2, -0.15) is 13.2 Å². The fourth-order valence-electron chi connectivity index (χ4n) is 2.82. The van der Waals surface area contributed by atoms with E-state index in [1.165, 1.54) is 43.5 Å². The van der Waals surface area contributed by atoms with Crippen molar-refractivity contribution in [1.29, 1.82) is 0 Å². The highest BCUT2D eigenvalue weighted by Gasteiger charge is 2.55. The molecule has 0 fully saturated rings. The lowest BCUT2D eigenvalue weighted by molar-refractivity contribution is -0.179. The van der Waals surface area contributed by atoms with Gasteiger partial charge in [-0.25, -0.2) is 4.39 Å². The molecule has 3 aromatic carbocycles. The van der Waals surface area contributed by atoms with Gasteiger partial charge in [0.2, 0.25) is 0 Å². The summed E-state index contributed by atoms with van der Waals surface area (Å²) in [4.78, 5) is -2.75. The average Bonchev–Trinajstić information content (AvgIpc) is 2.76. The van der Waals surface area contributed by atoms with Gasteiger partial charge in [-0.1, -0.05) is 36.4 Å². The molecule has 0 saturated carbocycles. The third kappa shape index (κ3) is 5.48. The zero-order valence-corrected chi connectivity index (χ0v) is 17.2. The van der Waals surface area contributed by atoms with Crippen LogP contribution >= 0.6 is 11.6 Å². The van der Waals surface area contributed by atoms with E-state index in [9.17, 15) is 17.6 Å². The molecular weight excluding hydrogens is 436 g/mol. The van der Waals surface area contributed by atoms with Crippen LogP contribution in [0, 0.1) is 5.82 Å². The van der Waals surface area contributed by atoms with Crippen LogP contribution in [-0.2, 0) is 16.2 Å². The average molecular weight is 455 g/mol. The van der Waals surface area contributed by atoms with E-state index < -0.39 is 23.5 Å². The summed E-state index contributed by atoms with van der Waals surface area (Å²) in [5, 5.41) is 0. The van der Waals surface area contributed by atoms with Crippen molar-refractivity contribution in [2.45, 2.75) is 17.7 Å². The molecule has 0 aliphatic heterocycles. The summed E-state index contributed by atoms with van der Waals surface area (Å²) in [6.07, 6.45) is -4.77. The Morgan fingerprint density at radius 1 is 0.871 bits per heavy atom. The van der Waals surface area contributed by atoms with E-state index in [-0.39, 0.29) is 17.9 Å². The molecular formula is C23H19ClF4O3. The molecule has 3 nitrogen and oxygen atoms in total. The van der Waals surface area contributed by atoms with E-state index in [2.05, 4.69) is 0 Å². The number of para-hydroxylation sites is 1. The van der Waals surface area contributed by atoms with Gasteiger partial charge in [0.05, 0.1) is 20.3 Å². The minimum absolute atomic E-state index is 0.0598. The summed E-state index contributed by atoms with van der Waals surface area (Å²) in [6.45, 7) is -1.05. The number of rotatable bonds is 8. The van der Waals surface area contributed by atoms with Gasteiger partial charge in [-0.15, -0.1) is 11.6 Å². The van der Waals surface area contributed by atoms with Crippen LogP contribution in [0.5, 0.6) is 17.2 Å². The molecule has 0 N–H and O–H groups in total. The predicted octanol–water partition coefficient (Wildman–Crippen LogP) is 6.84. The maximum absolute atomic E-state index is 14.1. The Bertz CT molecular complexity index is 994. The number of benzene rings is 3. The molecule has 164 valence electrons. The molecule has 0 radical (unpaired) electrons. The molecule has 1 unspecified atom stereocenters. The maximum Gasteiger partial charge on any atom is 0.413 e. The first-order chi connectivity index (χ1) is 14.7. The van der Waals surface area contributed by atoms with Crippen LogP contribution < -0.4 is 9.47 Å². The van der Waals surface area contributed by atoms with Crippen molar-refractivity contribution < 1.29 is 31.8 Å². The first-order valence-electron chi connectivity index (χ1n) is 9.22. The second-order valence-electron chi connectivity index (χ2n) is 6.70. The standard InChI is InChI=1S/C23H19ClF4O3/c1-29-18-10-8-17(9-11-18)22(24,23(26,27)28)15-30-14-16-7-12-20(25)21(13-16)31-19-5-3-2-4-6-19/h2-13H,14-15H2,1H3. The number of halogens is 5. The smallest absolute Gasteiger partial charge is 0.413 e. The van der Waals surface area contributed by atoms with E-state index in [1.54, 1.807) is 30.3 Å². The molecule has 0 spiro atoms. The van der Waals surface area contributed by atoms with E-state index in [0.29, 0.717) is 17.1 Å². The van der Waals surface area contributed by atoms with Crippen molar-refractivity contribution in [2.75, 3.05) is 13.7 Å². The molecule has 3 rings (SSSR count). The van der Waals surface area contributed by atoms with E-state index >= 15 is 0 Å². The summed E-state index contributed by atoms with van der Waals surface area (Å²) >= 11 is 5.99. The predicted molar refractivity (Wildman–Crippen MR) is 109 cm³/mol. The van der Waals surface area contributed by atoms with Gasteiger partial charge >= 0.3 is 6.18 Å². The van der Waals surface area contributed by atoms with Gasteiger partial charge in [0.15, 0.2) is 16.4 Å². The monoisotopic (exact) mass is 454 g/mol. The van der Waals surface area contributed by atoms with Gasteiger partial charge in [0.1, 0.15) is 11.5 Å². The van der Waals surface area contributed by atoms with Gasteiger partial charge in [0.25, 0.3) is 0 Å². The second kappa shape index (κ2) is 9.58. The van der Waals surface area contributed by atoms with E-state index in [1.807, 2.05) is 0 Å². The van der Waals surface area contributed by atoms with Crippen LogP contribution in [0.2, 0.25) is 0 Å². The van der Waals surface area contributed by atoms with Crippen LogP contribution in [0.1, 0.15) is 11.1 Å². The zero-order chi connectivity index (χ0) is 22.5. The van der Waals surface area contributed by atoms with Crippen LogP contribution in [0.3, 0.4) is 0 Å². The van der Waals surface area contributed by atoms with Gasteiger partial charge < -0.3 is 14.2 Å². The van der Waals surface area contributed by atoms with Gasteiger partial charge in [-0.05, 0) is 47.5 Å². The largest absolute Gasteiger partial charge is 0.497 e. The Kier molecular flexibility index (Phi) is 7.08. The maximum atomic E-state index is 14.1. The highest BCUT2D eigenvalue weighted by atomic mass is 35.5. The molecule has 0 aliphatic rings. The van der Waals surface area contributed by atoms with Crippen LogP contribution in [0.4, 0.5) is 17.6 Å². The Morgan fingerprint density at radius 3 is 2.16 bits per heavy atom. The first kappa shape index (κ1) is 22.9. The lowest BCUT2D eigenvalue weighted by atomic mass is 9.98. The van der Waals surface area contributed by atoms with Crippen molar-refractivity contribution >= 4 is 11.6 Å². The van der Waals surface area contributed by atoms with Crippen molar-refractivity contribution in [2.24, 2.45) is 0 Å².